The Bertz CT molecular complexity index is 1870. The van der Waals surface area contributed by atoms with Crippen LogP contribution in [-0.4, -0.2) is 91.2 Å². The van der Waals surface area contributed by atoms with Crippen LogP contribution in [0.5, 0.6) is 0 Å². The average Bonchev–Trinajstić information content (AvgIpc) is 3.62. The number of Topliss-reactive ketones (excluding diaryl/α,β-unsaturated/α-hetero) is 2. The number of likely N-dealkylation sites (tertiary alicyclic amines) is 1. The van der Waals surface area contributed by atoms with Crippen LogP contribution in [0.3, 0.4) is 0 Å². The maximum absolute atomic E-state index is 13.6. The van der Waals surface area contributed by atoms with E-state index in [1.807, 2.05) is 38.9 Å². The van der Waals surface area contributed by atoms with Crippen LogP contribution in [0.15, 0.2) is 42.7 Å². The highest BCUT2D eigenvalue weighted by atomic mass is 16.2. The molecule has 0 N–H and O–H groups in total. The van der Waals surface area contributed by atoms with Gasteiger partial charge in [0.2, 0.25) is 0 Å². The normalized spacial score (nSPS) is 18.0. The number of imidazole rings is 1. The van der Waals surface area contributed by atoms with Gasteiger partial charge in [-0.3, -0.25) is 18.7 Å². The number of urea groups is 1. The molecule has 2 amide bonds. The molecule has 3 aliphatic rings. The standard InChI is InChI=1S/C31H30N8O3/c1-35(2)21-6-9-36(10-7-21)31(42)37-11-12-39-30-20(18-37)13-19(16-32)14-22(30)29(34-39)28-25(41)15-24(40)27(28)23-17-33-26-5-3-4-8-38(23)26/h3-5,8,13-14,17,21H,6-7,9-12,15,18H2,1-2H3. The van der Waals surface area contributed by atoms with Crippen molar-refractivity contribution in [2.45, 2.75) is 38.4 Å². The topological polar surface area (TPSA) is 120 Å². The second-order valence-electron chi connectivity index (χ2n) is 11.4. The number of nitrogens with zero attached hydrogens (tertiary/aromatic N) is 8. The summed E-state index contributed by atoms with van der Waals surface area (Å²) in [5, 5.41) is 15.4. The molecule has 11 heteroatoms. The van der Waals surface area contributed by atoms with Crippen LogP contribution in [0, 0.1) is 11.3 Å². The van der Waals surface area contributed by atoms with Crippen LogP contribution in [-0.2, 0) is 22.7 Å². The first kappa shape index (κ1) is 26.1. The van der Waals surface area contributed by atoms with Gasteiger partial charge in [0, 0.05) is 43.8 Å². The lowest BCUT2D eigenvalue weighted by atomic mass is 9.98. The second-order valence-corrected chi connectivity index (χ2v) is 11.4. The molecule has 1 fully saturated rings. The van der Waals surface area contributed by atoms with Crippen molar-refractivity contribution < 1.29 is 14.4 Å². The fourth-order valence-corrected chi connectivity index (χ4v) is 6.61. The number of aromatic nitrogens is 4. The summed E-state index contributed by atoms with van der Waals surface area (Å²) >= 11 is 0. The van der Waals surface area contributed by atoms with Gasteiger partial charge < -0.3 is 14.7 Å². The second kappa shape index (κ2) is 9.92. The number of fused-ring (bicyclic) bond motifs is 1. The predicted octanol–water partition coefficient (Wildman–Crippen LogP) is 2.97. The van der Waals surface area contributed by atoms with E-state index in [2.05, 4.69) is 30.0 Å². The quantitative estimate of drug-likeness (QED) is 0.352. The minimum atomic E-state index is -0.300. The molecule has 7 rings (SSSR count). The van der Waals surface area contributed by atoms with Gasteiger partial charge in [-0.1, -0.05) is 6.07 Å². The Morgan fingerprint density at radius 2 is 1.81 bits per heavy atom. The molecule has 5 heterocycles. The molecule has 0 atom stereocenters. The molecule has 3 aromatic heterocycles. The van der Waals surface area contributed by atoms with Gasteiger partial charge in [-0.15, -0.1) is 0 Å². The summed E-state index contributed by atoms with van der Waals surface area (Å²) in [7, 11) is 4.15. The van der Waals surface area contributed by atoms with Crippen molar-refractivity contribution in [3.05, 3.63) is 65.2 Å². The summed E-state index contributed by atoms with van der Waals surface area (Å²) in [4.78, 5) is 50.6. The smallest absolute Gasteiger partial charge is 0.320 e. The molecule has 0 bridgehead atoms. The van der Waals surface area contributed by atoms with Gasteiger partial charge in [-0.05, 0) is 56.8 Å². The first-order valence-corrected chi connectivity index (χ1v) is 14.2. The molecule has 42 heavy (non-hydrogen) atoms. The SMILES string of the molecule is CN(C)C1CCN(C(=O)N2CCn3nc(C4=C(c5cnc6ccccn56)C(=O)CC4=O)c4cc(C#N)cc(c43)C2)CC1. The van der Waals surface area contributed by atoms with E-state index in [-0.39, 0.29) is 29.6 Å². The third-order valence-electron chi connectivity index (χ3n) is 8.77. The summed E-state index contributed by atoms with van der Waals surface area (Å²) in [5.74, 6) is -0.576. The Balaban J connectivity index is 1.31. The highest BCUT2D eigenvalue weighted by Gasteiger charge is 2.37. The summed E-state index contributed by atoms with van der Waals surface area (Å²) in [5.41, 5.74) is 4.14. The van der Waals surface area contributed by atoms with E-state index < -0.39 is 0 Å². The summed E-state index contributed by atoms with van der Waals surface area (Å²) < 4.78 is 3.62. The largest absolute Gasteiger partial charge is 0.325 e. The first-order valence-electron chi connectivity index (χ1n) is 14.2. The van der Waals surface area contributed by atoms with Crippen LogP contribution >= 0.6 is 0 Å². The third-order valence-corrected chi connectivity index (χ3v) is 8.77. The van der Waals surface area contributed by atoms with E-state index in [9.17, 15) is 19.6 Å². The molecule has 0 radical (unpaired) electrons. The number of benzene rings is 1. The fraction of sp³-hybridized carbons (Fsp3) is 0.355. The zero-order chi connectivity index (χ0) is 29.1. The number of pyridine rings is 1. The summed E-state index contributed by atoms with van der Waals surface area (Å²) in [6.45, 7) is 2.60. The van der Waals surface area contributed by atoms with Crippen LogP contribution in [0.2, 0.25) is 0 Å². The maximum Gasteiger partial charge on any atom is 0.320 e. The number of piperidine rings is 1. The number of carbonyl (C=O) groups excluding carboxylic acids is 3. The highest BCUT2D eigenvalue weighted by Crippen LogP contribution is 2.39. The van der Waals surface area contributed by atoms with Gasteiger partial charge in [-0.25, -0.2) is 9.78 Å². The fourth-order valence-electron chi connectivity index (χ4n) is 6.61. The molecule has 2 aliphatic heterocycles. The minimum absolute atomic E-state index is 0.0112. The molecule has 212 valence electrons. The zero-order valence-corrected chi connectivity index (χ0v) is 23.6. The van der Waals surface area contributed by atoms with E-state index in [4.69, 9.17) is 5.10 Å². The monoisotopic (exact) mass is 562 g/mol. The van der Waals surface area contributed by atoms with Crippen molar-refractivity contribution in [1.29, 1.82) is 5.26 Å². The van der Waals surface area contributed by atoms with Gasteiger partial charge in [0.1, 0.15) is 11.3 Å². The summed E-state index contributed by atoms with van der Waals surface area (Å²) in [6, 6.07) is 11.8. The Hall–Kier alpha value is -4.82. The molecule has 0 unspecified atom stereocenters. The number of ketones is 2. The van der Waals surface area contributed by atoms with E-state index >= 15 is 0 Å². The first-order chi connectivity index (χ1) is 20.3. The Kier molecular flexibility index (Phi) is 6.17. The molecule has 0 saturated carbocycles. The van der Waals surface area contributed by atoms with E-state index in [1.165, 1.54) is 0 Å². The van der Waals surface area contributed by atoms with E-state index in [1.54, 1.807) is 22.7 Å². The van der Waals surface area contributed by atoms with Gasteiger partial charge in [0.25, 0.3) is 0 Å². The lowest BCUT2D eigenvalue weighted by Gasteiger charge is -2.37. The molecule has 1 aliphatic carbocycles. The van der Waals surface area contributed by atoms with Crippen molar-refractivity contribution in [2.75, 3.05) is 33.7 Å². The van der Waals surface area contributed by atoms with Crippen molar-refractivity contribution in [2.24, 2.45) is 0 Å². The highest BCUT2D eigenvalue weighted by molar-refractivity contribution is 6.51. The zero-order valence-electron chi connectivity index (χ0n) is 23.6. The van der Waals surface area contributed by atoms with E-state index in [0.717, 1.165) is 23.9 Å². The molecular weight excluding hydrogens is 532 g/mol. The van der Waals surface area contributed by atoms with Crippen molar-refractivity contribution >= 4 is 45.3 Å². The number of carbonyl (C=O) groups is 3. The average molecular weight is 563 g/mol. The van der Waals surface area contributed by atoms with Crippen LogP contribution in [0.1, 0.15) is 41.8 Å². The van der Waals surface area contributed by atoms with Crippen molar-refractivity contribution in [3.8, 4) is 6.07 Å². The van der Waals surface area contributed by atoms with Gasteiger partial charge >= 0.3 is 6.03 Å². The van der Waals surface area contributed by atoms with Crippen molar-refractivity contribution in [1.82, 2.24) is 33.9 Å². The van der Waals surface area contributed by atoms with Crippen LogP contribution in [0.25, 0.3) is 27.7 Å². The van der Waals surface area contributed by atoms with Gasteiger partial charge in [0.15, 0.2) is 11.6 Å². The minimum Gasteiger partial charge on any atom is -0.325 e. The summed E-state index contributed by atoms with van der Waals surface area (Å²) in [6.07, 6.45) is 5.05. The third kappa shape index (κ3) is 4.10. The van der Waals surface area contributed by atoms with E-state index in [0.29, 0.717) is 72.3 Å². The molecule has 4 aromatic rings. The van der Waals surface area contributed by atoms with Crippen LogP contribution < -0.4 is 0 Å². The molecular formula is C31H30N8O3. The molecule has 11 nitrogen and oxygen atoms in total. The number of amides is 2. The molecule has 1 saturated heterocycles. The Morgan fingerprint density at radius 3 is 2.57 bits per heavy atom. The lowest BCUT2D eigenvalue weighted by molar-refractivity contribution is -0.119. The number of nitriles is 1. The van der Waals surface area contributed by atoms with Gasteiger partial charge in [0.05, 0.1) is 53.2 Å². The number of hydrogen-bond acceptors (Lipinski definition) is 7. The number of allylic oxidation sites excluding steroid dienone is 2. The van der Waals surface area contributed by atoms with Crippen LogP contribution in [0.4, 0.5) is 4.79 Å². The van der Waals surface area contributed by atoms with Crippen molar-refractivity contribution in [3.63, 3.8) is 0 Å². The molecule has 1 aromatic carbocycles. The lowest BCUT2D eigenvalue weighted by Crippen LogP contribution is -2.49. The number of rotatable bonds is 3. The van der Waals surface area contributed by atoms with Gasteiger partial charge in [-0.2, -0.15) is 10.4 Å². The predicted molar refractivity (Wildman–Crippen MR) is 155 cm³/mol. The molecule has 0 spiro atoms. The Labute approximate surface area is 242 Å². The maximum atomic E-state index is 13.6. The number of hydrogen-bond donors (Lipinski definition) is 0. The Morgan fingerprint density at radius 1 is 1.02 bits per heavy atom.